The SMILES string of the molecule is CN(Cc1cc2nc(N)ccc2[nH]1)C(=O)OCc1ccccc1. The van der Waals surface area contributed by atoms with E-state index in [1.807, 2.05) is 42.5 Å². The number of benzene rings is 1. The second-order valence-corrected chi connectivity index (χ2v) is 5.36. The van der Waals surface area contributed by atoms with Crippen LogP contribution in [0.4, 0.5) is 10.6 Å². The maximum absolute atomic E-state index is 12.0. The third kappa shape index (κ3) is 3.60. The Balaban J connectivity index is 1.60. The van der Waals surface area contributed by atoms with Crippen molar-refractivity contribution < 1.29 is 9.53 Å². The van der Waals surface area contributed by atoms with Gasteiger partial charge in [-0.3, -0.25) is 0 Å². The molecule has 0 aliphatic heterocycles. The molecular weight excluding hydrogens is 292 g/mol. The number of aromatic nitrogens is 2. The van der Waals surface area contributed by atoms with Crippen LogP contribution < -0.4 is 5.73 Å². The van der Waals surface area contributed by atoms with Crippen LogP contribution in [0.15, 0.2) is 48.5 Å². The molecule has 0 aliphatic rings. The molecule has 3 aromatic rings. The van der Waals surface area contributed by atoms with Gasteiger partial charge < -0.3 is 20.4 Å². The van der Waals surface area contributed by atoms with Gasteiger partial charge in [-0.05, 0) is 23.8 Å². The average Bonchev–Trinajstić information content (AvgIpc) is 2.94. The van der Waals surface area contributed by atoms with E-state index < -0.39 is 0 Å². The van der Waals surface area contributed by atoms with Gasteiger partial charge in [-0.15, -0.1) is 0 Å². The number of pyridine rings is 1. The maximum Gasteiger partial charge on any atom is 0.410 e. The number of nitrogen functional groups attached to an aromatic ring is 1. The summed E-state index contributed by atoms with van der Waals surface area (Å²) in [4.78, 5) is 21.0. The van der Waals surface area contributed by atoms with E-state index in [1.165, 1.54) is 4.90 Å². The molecule has 6 heteroatoms. The van der Waals surface area contributed by atoms with Crippen LogP contribution in [0.1, 0.15) is 11.3 Å². The number of amides is 1. The summed E-state index contributed by atoms with van der Waals surface area (Å²) in [5.41, 5.74) is 9.17. The first-order valence-corrected chi connectivity index (χ1v) is 7.28. The van der Waals surface area contributed by atoms with E-state index in [4.69, 9.17) is 10.5 Å². The zero-order valence-corrected chi connectivity index (χ0v) is 12.8. The van der Waals surface area contributed by atoms with Gasteiger partial charge in [0.2, 0.25) is 0 Å². The number of hydrogen-bond donors (Lipinski definition) is 2. The number of aromatic amines is 1. The molecule has 2 heterocycles. The molecule has 23 heavy (non-hydrogen) atoms. The van der Waals surface area contributed by atoms with Gasteiger partial charge in [0.15, 0.2) is 0 Å². The van der Waals surface area contributed by atoms with E-state index in [0.717, 1.165) is 22.3 Å². The van der Waals surface area contributed by atoms with E-state index in [-0.39, 0.29) is 12.7 Å². The van der Waals surface area contributed by atoms with Gasteiger partial charge >= 0.3 is 6.09 Å². The van der Waals surface area contributed by atoms with Gasteiger partial charge in [-0.2, -0.15) is 0 Å². The molecular formula is C17H18N4O2. The fourth-order valence-electron chi connectivity index (χ4n) is 2.32. The van der Waals surface area contributed by atoms with Gasteiger partial charge in [0.1, 0.15) is 12.4 Å². The summed E-state index contributed by atoms with van der Waals surface area (Å²) in [6.07, 6.45) is -0.375. The topological polar surface area (TPSA) is 84.2 Å². The summed E-state index contributed by atoms with van der Waals surface area (Å²) in [5, 5.41) is 0. The molecule has 0 unspecified atom stereocenters. The molecule has 2 aromatic heterocycles. The van der Waals surface area contributed by atoms with E-state index in [9.17, 15) is 4.79 Å². The molecule has 6 nitrogen and oxygen atoms in total. The molecule has 0 spiro atoms. The summed E-state index contributed by atoms with van der Waals surface area (Å²) < 4.78 is 5.29. The van der Waals surface area contributed by atoms with Gasteiger partial charge in [-0.25, -0.2) is 9.78 Å². The molecule has 3 rings (SSSR count). The number of anilines is 1. The zero-order chi connectivity index (χ0) is 16.2. The molecule has 0 bridgehead atoms. The van der Waals surface area contributed by atoms with Crippen LogP contribution in [0.3, 0.4) is 0 Å². The predicted octanol–water partition coefficient (Wildman–Crippen LogP) is 2.91. The Morgan fingerprint density at radius 2 is 2.04 bits per heavy atom. The number of ether oxygens (including phenoxy) is 1. The predicted molar refractivity (Wildman–Crippen MR) is 88.6 cm³/mol. The van der Waals surface area contributed by atoms with E-state index in [2.05, 4.69) is 9.97 Å². The van der Waals surface area contributed by atoms with Crippen molar-refractivity contribution in [1.82, 2.24) is 14.9 Å². The highest BCUT2D eigenvalue weighted by Gasteiger charge is 2.12. The van der Waals surface area contributed by atoms with Crippen molar-refractivity contribution in [2.75, 3.05) is 12.8 Å². The normalized spacial score (nSPS) is 10.7. The lowest BCUT2D eigenvalue weighted by Gasteiger charge is -2.16. The molecule has 0 saturated carbocycles. The van der Waals surface area contributed by atoms with E-state index in [0.29, 0.717) is 12.4 Å². The van der Waals surface area contributed by atoms with Crippen LogP contribution in [0.5, 0.6) is 0 Å². The highest BCUT2D eigenvalue weighted by molar-refractivity contribution is 5.77. The van der Waals surface area contributed by atoms with Crippen molar-refractivity contribution in [3.8, 4) is 0 Å². The Morgan fingerprint density at radius 3 is 2.83 bits per heavy atom. The van der Waals surface area contributed by atoms with Gasteiger partial charge in [-0.1, -0.05) is 30.3 Å². The molecule has 1 aromatic carbocycles. The van der Waals surface area contributed by atoms with Crippen LogP contribution >= 0.6 is 0 Å². The van der Waals surface area contributed by atoms with Crippen LogP contribution in [0, 0.1) is 0 Å². The molecule has 0 saturated heterocycles. The standard InChI is InChI=1S/C17H18N4O2/c1-21(17(22)23-11-12-5-3-2-4-6-12)10-13-9-15-14(19-13)7-8-16(18)20-15/h2-9,19H,10-11H2,1H3,(H2,18,20). The number of nitrogens with zero attached hydrogens (tertiary/aromatic N) is 2. The number of fused-ring (bicyclic) bond motifs is 1. The summed E-state index contributed by atoms with van der Waals surface area (Å²) in [6, 6.07) is 15.1. The Bertz CT molecular complexity index is 814. The fraction of sp³-hybridized carbons (Fsp3) is 0.176. The molecule has 118 valence electrons. The van der Waals surface area contributed by atoms with Crippen molar-refractivity contribution in [1.29, 1.82) is 0 Å². The number of nitrogens with one attached hydrogen (secondary N) is 1. The molecule has 1 amide bonds. The van der Waals surface area contributed by atoms with Gasteiger partial charge in [0.25, 0.3) is 0 Å². The largest absolute Gasteiger partial charge is 0.445 e. The van der Waals surface area contributed by atoms with Crippen molar-refractivity contribution in [2.45, 2.75) is 13.2 Å². The number of hydrogen-bond acceptors (Lipinski definition) is 4. The molecule has 0 aliphatic carbocycles. The molecule has 0 atom stereocenters. The highest BCUT2D eigenvalue weighted by atomic mass is 16.6. The Hall–Kier alpha value is -3.02. The van der Waals surface area contributed by atoms with Crippen molar-refractivity contribution in [3.05, 3.63) is 59.8 Å². The number of H-pyrrole nitrogens is 1. The first kappa shape index (κ1) is 14.9. The van der Waals surface area contributed by atoms with Crippen molar-refractivity contribution in [2.24, 2.45) is 0 Å². The number of nitrogens with two attached hydrogens (primary N) is 1. The monoisotopic (exact) mass is 310 g/mol. The zero-order valence-electron chi connectivity index (χ0n) is 12.8. The quantitative estimate of drug-likeness (QED) is 0.776. The lowest BCUT2D eigenvalue weighted by atomic mass is 10.2. The molecule has 0 radical (unpaired) electrons. The minimum absolute atomic E-state index is 0.259. The third-order valence-electron chi connectivity index (χ3n) is 3.48. The smallest absolute Gasteiger partial charge is 0.410 e. The maximum atomic E-state index is 12.0. The van der Waals surface area contributed by atoms with Crippen LogP contribution in [0.2, 0.25) is 0 Å². The number of carbonyl (C=O) groups is 1. The molecule has 3 N–H and O–H groups in total. The van der Waals surface area contributed by atoms with Crippen LogP contribution in [0.25, 0.3) is 11.0 Å². The summed E-state index contributed by atoms with van der Waals surface area (Å²) in [5.74, 6) is 0.471. The van der Waals surface area contributed by atoms with E-state index >= 15 is 0 Å². The average molecular weight is 310 g/mol. The lowest BCUT2D eigenvalue weighted by molar-refractivity contribution is 0.102. The minimum atomic E-state index is -0.375. The van der Waals surface area contributed by atoms with Gasteiger partial charge in [0.05, 0.1) is 17.6 Å². The Labute approximate surface area is 133 Å². The minimum Gasteiger partial charge on any atom is -0.445 e. The fourth-order valence-corrected chi connectivity index (χ4v) is 2.32. The van der Waals surface area contributed by atoms with E-state index in [1.54, 1.807) is 13.1 Å². The van der Waals surface area contributed by atoms with Gasteiger partial charge in [0, 0.05) is 12.7 Å². The second kappa shape index (κ2) is 6.39. The van der Waals surface area contributed by atoms with Crippen molar-refractivity contribution >= 4 is 22.9 Å². The highest BCUT2D eigenvalue weighted by Crippen LogP contribution is 2.16. The lowest BCUT2D eigenvalue weighted by Crippen LogP contribution is -2.27. The Kier molecular flexibility index (Phi) is 4.14. The third-order valence-corrected chi connectivity index (χ3v) is 3.48. The first-order valence-electron chi connectivity index (χ1n) is 7.28. The van der Waals surface area contributed by atoms with Crippen LogP contribution in [-0.2, 0) is 17.9 Å². The molecule has 0 fully saturated rings. The summed E-state index contributed by atoms with van der Waals surface area (Å²) in [6.45, 7) is 0.665. The van der Waals surface area contributed by atoms with Crippen LogP contribution in [-0.4, -0.2) is 28.0 Å². The number of rotatable bonds is 4. The summed E-state index contributed by atoms with van der Waals surface area (Å²) >= 11 is 0. The second-order valence-electron chi connectivity index (χ2n) is 5.36. The number of carbonyl (C=O) groups excluding carboxylic acids is 1. The van der Waals surface area contributed by atoms with Crippen molar-refractivity contribution in [3.63, 3.8) is 0 Å². The summed E-state index contributed by atoms with van der Waals surface area (Å²) in [7, 11) is 1.70. The Morgan fingerprint density at radius 1 is 1.26 bits per heavy atom. The first-order chi connectivity index (χ1) is 11.1.